The first-order chi connectivity index (χ1) is 12.7. The molecular weight excluding hydrogens is 346 g/mol. The Hall–Kier alpha value is -2.54. The topological polar surface area (TPSA) is 63.9 Å². The van der Waals surface area contributed by atoms with E-state index in [1.54, 1.807) is 23.9 Å². The first-order valence-corrected chi connectivity index (χ1v) is 9.70. The fourth-order valence-electron chi connectivity index (χ4n) is 3.38. The van der Waals surface area contributed by atoms with Crippen LogP contribution in [-0.4, -0.2) is 43.4 Å². The van der Waals surface area contributed by atoms with E-state index >= 15 is 0 Å². The second-order valence-corrected chi connectivity index (χ2v) is 7.59. The first kappa shape index (κ1) is 16.9. The van der Waals surface area contributed by atoms with Crippen LogP contribution in [0.3, 0.4) is 0 Å². The Kier molecular flexibility index (Phi) is 4.79. The molecule has 3 aromatic rings. The van der Waals surface area contributed by atoms with Gasteiger partial charge in [-0.3, -0.25) is 4.79 Å². The van der Waals surface area contributed by atoms with E-state index in [0.717, 1.165) is 41.5 Å². The van der Waals surface area contributed by atoms with Crippen LogP contribution in [-0.2, 0) is 11.3 Å². The van der Waals surface area contributed by atoms with Gasteiger partial charge in [-0.15, -0.1) is 11.3 Å². The van der Waals surface area contributed by atoms with E-state index < -0.39 is 0 Å². The van der Waals surface area contributed by atoms with E-state index in [0.29, 0.717) is 13.1 Å². The van der Waals surface area contributed by atoms with Crippen LogP contribution in [0.15, 0.2) is 42.3 Å². The Balaban J connectivity index is 1.51. The molecule has 0 radical (unpaired) electrons. The summed E-state index contributed by atoms with van der Waals surface area (Å²) < 4.78 is 1.81. The summed E-state index contributed by atoms with van der Waals surface area (Å²) in [5, 5.41) is 2.06. The van der Waals surface area contributed by atoms with E-state index in [1.807, 2.05) is 34.7 Å². The zero-order chi connectivity index (χ0) is 17.9. The molecule has 1 amide bonds. The van der Waals surface area contributed by atoms with Crippen LogP contribution in [0.1, 0.15) is 30.3 Å². The van der Waals surface area contributed by atoms with Gasteiger partial charge in [0.2, 0.25) is 5.91 Å². The number of piperidine rings is 1. The summed E-state index contributed by atoms with van der Waals surface area (Å²) in [4.78, 5) is 29.2. The largest absolute Gasteiger partial charge is 0.340 e. The lowest BCUT2D eigenvalue weighted by atomic mass is 9.96. The molecule has 134 valence electrons. The van der Waals surface area contributed by atoms with Crippen molar-refractivity contribution in [1.29, 1.82) is 0 Å². The molecule has 0 aliphatic carbocycles. The molecule has 1 unspecified atom stereocenters. The summed E-state index contributed by atoms with van der Waals surface area (Å²) in [6.45, 7) is 3.82. The van der Waals surface area contributed by atoms with Gasteiger partial charge in [0.15, 0.2) is 0 Å². The molecule has 0 aromatic carbocycles. The number of likely N-dealkylation sites (tertiary alicyclic amines) is 1. The number of amides is 1. The molecule has 4 rings (SSSR count). The van der Waals surface area contributed by atoms with Crippen LogP contribution in [0, 0.1) is 6.92 Å². The average Bonchev–Trinajstić information content (AvgIpc) is 3.35. The number of rotatable bonds is 4. The number of aromatic nitrogens is 4. The molecule has 0 bridgehead atoms. The van der Waals surface area contributed by atoms with Crippen molar-refractivity contribution in [3.05, 3.63) is 53.8 Å². The van der Waals surface area contributed by atoms with E-state index in [1.165, 1.54) is 0 Å². The van der Waals surface area contributed by atoms with Gasteiger partial charge in [-0.25, -0.2) is 15.0 Å². The number of nitrogens with zero attached hydrogens (tertiary/aromatic N) is 5. The molecule has 1 atom stereocenters. The van der Waals surface area contributed by atoms with Crippen molar-refractivity contribution in [2.45, 2.75) is 32.2 Å². The minimum Gasteiger partial charge on any atom is -0.340 e. The van der Waals surface area contributed by atoms with Crippen LogP contribution in [0.2, 0.25) is 0 Å². The lowest BCUT2D eigenvalue weighted by Gasteiger charge is -2.32. The molecule has 1 saturated heterocycles. The predicted molar refractivity (Wildman–Crippen MR) is 101 cm³/mol. The summed E-state index contributed by atoms with van der Waals surface area (Å²) in [6.07, 6.45) is 7.18. The van der Waals surface area contributed by atoms with Crippen molar-refractivity contribution in [3.63, 3.8) is 0 Å². The molecular formula is C19H21N5OS. The van der Waals surface area contributed by atoms with Gasteiger partial charge in [0.25, 0.3) is 0 Å². The minimum atomic E-state index is 0.124. The van der Waals surface area contributed by atoms with Crippen molar-refractivity contribution in [2.75, 3.05) is 13.1 Å². The van der Waals surface area contributed by atoms with E-state index in [4.69, 9.17) is 4.98 Å². The quantitative estimate of drug-likeness (QED) is 0.711. The van der Waals surface area contributed by atoms with Gasteiger partial charge in [0.1, 0.15) is 12.4 Å². The van der Waals surface area contributed by atoms with Crippen LogP contribution in [0.25, 0.3) is 10.6 Å². The Morgan fingerprint density at radius 1 is 1.38 bits per heavy atom. The summed E-state index contributed by atoms with van der Waals surface area (Å²) in [7, 11) is 0. The molecule has 0 N–H and O–H groups in total. The highest BCUT2D eigenvalue weighted by Crippen LogP contribution is 2.28. The summed E-state index contributed by atoms with van der Waals surface area (Å²) in [6, 6.07) is 6.15. The summed E-state index contributed by atoms with van der Waals surface area (Å²) >= 11 is 1.68. The maximum absolute atomic E-state index is 12.6. The average molecular weight is 367 g/mol. The molecule has 0 spiro atoms. The maximum Gasteiger partial charge on any atom is 0.242 e. The van der Waals surface area contributed by atoms with Gasteiger partial charge >= 0.3 is 0 Å². The minimum absolute atomic E-state index is 0.124. The van der Waals surface area contributed by atoms with Gasteiger partial charge in [-0.05, 0) is 37.3 Å². The number of hydrogen-bond acceptors (Lipinski definition) is 5. The highest BCUT2D eigenvalue weighted by atomic mass is 32.1. The molecule has 4 heterocycles. The lowest BCUT2D eigenvalue weighted by molar-refractivity contribution is -0.133. The summed E-state index contributed by atoms with van der Waals surface area (Å²) in [5.74, 6) is 1.17. The predicted octanol–water partition coefficient (Wildman–Crippen LogP) is 3.12. The van der Waals surface area contributed by atoms with E-state index in [2.05, 4.69) is 21.4 Å². The Labute approximate surface area is 156 Å². The van der Waals surface area contributed by atoms with Gasteiger partial charge in [0, 0.05) is 37.1 Å². The number of carbonyl (C=O) groups is 1. The van der Waals surface area contributed by atoms with Crippen molar-refractivity contribution in [1.82, 2.24) is 24.4 Å². The molecule has 0 saturated carbocycles. The molecule has 7 heteroatoms. The van der Waals surface area contributed by atoms with Gasteiger partial charge < -0.3 is 9.47 Å². The molecule has 1 aliphatic rings. The number of aryl methyl sites for hydroxylation is 1. The van der Waals surface area contributed by atoms with Gasteiger partial charge in [0.05, 0.1) is 16.9 Å². The molecule has 6 nitrogen and oxygen atoms in total. The Morgan fingerprint density at radius 3 is 3.08 bits per heavy atom. The van der Waals surface area contributed by atoms with Crippen LogP contribution < -0.4 is 0 Å². The highest BCUT2D eigenvalue weighted by molar-refractivity contribution is 7.13. The zero-order valence-corrected chi connectivity index (χ0v) is 15.5. The van der Waals surface area contributed by atoms with Gasteiger partial charge in [-0.1, -0.05) is 6.07 Å². The third kappa shape index (κ3) is 3.67. The molecule has 1 fully saturated rings. The fraction of sp³-hybridized carbons (Fsp3) is 0.368. The van der Waals surface area contributed by atoms with Crippen LogP contribution >= 0.6 is 11.3 Å². The Bertz CT molecular complexity index is 875. The first-order valence-electron chi connectivity index (χ1n) is 8.82. The number of imidazole rings is 1. The second kappa shape index (κ2) is 7.37. The van der Waals surface area contributed by atoms with Crippen molar-refractivity contribution in [3.8, 4) is 10.6 Å². The van der Waals surface area contributed by atoms with E-state index in [9.17, 15) is 4.79 Å². The number of thiophene rings is 1. The van der Waals surface area contributed by atoms with Crippen molar-refractivity contribution < 1.29 is 4.79 Å². The SMILES string of the molecule is Cc1cc(-c2cccs2)nc(C2CCCN(C(=O)Cn3ccnc3)C2)n1. The number of hydrogen-bond donors (Lipinski definition) is 0. The van der Waals surface area contributed by atoms with Crippen LogP contribution in [0.4, 0.5) is 0 Å². The lowest BCUT2D eigenvalue weighted by Crippen LogP contribution is -2.41. The fourth-order valence-corrected chi connectivity index (χ4v) is 4.06. The molecule has 26 heavy (non-hydrogen) atoms. The smallest absolute Gasteiger partial charge is 0.242 e. The monoisotopic (exact) mass is 367 g/mol. The standard InChI is InChI=1S/C19H21N5OS/c1-14-10-16(17-5-3-9-26-17)22-19(21-14)15-4-2-7-24(11-15)18(25)12-23-8-6-20-13-23/h3,5-6,8-10,13,15H,2,4,7,11-12H2,1H3. The van der Waals surface area contributed by atoms with Gasteiger partial charge in [-0.2, -0.15) is 0 Å². The van der Waals surface area contributed by atoms with E-state index in [-0.39, 0.29) is 11.8 Å². The third-order valence-corrected chi connectivity index (χ3v) is 5.55. The highest BCUT2D eigenvalue weighted by Gasteiger charge is 2.27. The normalized spacial score (nSPS) is 17.4. The van der Waals surface area contributed by atoms with Crippen molar-refractivity contribution >= 4 is 17.2 Å². The maximum atomic E-state index is 12.6. The Morgan fingerprint density at radius 2 is 2.31 bits per heavy atom. The molecule has 3 aromatic heterocycles. The molecule has 1 aliphatic heterocycles. The number of carbonyl (C=O) groups excluding carboxylic acids is 1. The zero-order valence-electron chi connectivity index (χ0n) is 14.7. The second-order valence-electron chi connectivity index (χ2n) is 6.64. The third-order valence-electron chi connectivity index (χ3n) is 4.66. The van der Waals surface area contributed by atoms with Crippen LogP contribution in [0.5, 0.6) is 0 Å². The van der Waals surface area contributed by atoms with Crippen molar-refractivity contribution in [2.24, 2.45) is 0 Å². The summed E-state index contributed by atoms with van der Waals surface area (Å²) in [5.41, 5.74) is 1.95.